The Morgan fingerprint density at radius 3 is 2.79 bits per heavy atom. The summed E-state index contributed by atoms with van der Waals surface area (Å²) in [5.41, 5.74) is 3.13. The molecule has 0 unspecified atom stereocenters. The molecule has 0 aromatic carbocycles. The number of carbonyl (C=O) groups is 1. The van der Waals surface area contributed by atoms with Gasteiger partial charge in [0.2, 0.25) is 5.88 Å². The number of aryl methyl sites for hydroxylation is 1. The highest BCUT2D eigenvalue weighted by molar-refractivity contribution is 5.93. The van der Waals surface area contributed by atoms with Crippen molar-refractivity contribution in [3.8, 4) is 5.88 Å². The van der Waals surface area contributed by atoms with Gasteiger partial charge < -0.3 is 4.74 Å². The summed E-state index contributed by atoms with van der Waals surface area (Å²) >= 11 is 0. The van der Waals surface area contributed by atoms with E-state index in [2.05, 4.69) is 10.5 Å². The molecule has 1 aromatic rings. The topological polar surface area (TPSA) is 82.2 Å². The van der Waals surface area contributed by atoms with E-state index >= 15 is 0 Å². The number of ether oxygens (including phenoxy) is 1. The molecule has 1 aromatic heterocycles. The second-order valence-corrected chi connectivity index (χ2v) is 2.79. The van der Waals surface area contributed by atoms with E-state index in [9.17, 15) is 4.79 Å². The van der Waals surface area contributed by atoms with Crippen molar-refractivity contribution in [2.24, 2.45) is 12.9 Å². The van der Waals surface area contributed by atoms with E-state index in [1.807, 2.05) is 6.92 Å². The Bertz CT molecular complexity index is 345. The summed E-state index contributed by atoms with van der Waals surface area (Å²) in [7, 11) is 3.26. The molecule has 78 valence electrons. The maximum Gasteiger partial charge on any atom is 0.286 e. The summed E-state index contributed by atoms with van der Waals surface area (Å²) in [4.78, 5) is 11.3. The Hall–Kier alpha value is -1.56. The van der Waals surface area contributed by atoms with E-state index in [0.717, 1.165) is 5.56 Å². The molecule has 14 heavy (non-hydrogen) atoms. The van der Waals surface area contributed by atoms with E-state index in [1.54, 1.807) is 14.2 Å². The third-order valence-corrected chi connectivity index (χ3v) is 1.98. The first kappa shape index (κ1) is 10.5. The third kappa shape index (κ3) is 1.56. The monoisotopic (exact) mass is 198 g/mol. The SMILES string of the molecule is CCc1c(C(=O)NN)nn(C)c1OC. The van der Waals surface area contributed by atoms with Crippen molar-refractivity contribution in [3.05, 3.63) is 11.3 Å². The highest BCUT2D eigenvalue weighted by atomic mass is 16.5. The normalized spacial score (nSPS) is 10.0. The largest absolute Gasteiger partial charge is 0.481 e. The lowest BCUT2D eigenvalue weighted by atomic mass is 10.2. The Kier molecular flexibility index (Phi) is 3.08. The van der Waals surface area contributed by atoms with Crippen LogP contribution in [-0.2, 0) is 13.5 Å². The molecule has 0 aliphatic heterocycles. The molecule has 1 rings (SSSR count). The zero-order valence-corrected chi connectivity index (χ0v) is 8.50. The Labute approximate surface area is 82.0 Å². The van der Waals surface area contributed by atoms with Gasteiger partial charge in [-0.3, -0.25) is 10.2 Å². The van der Waals surface area contributed by atoms with Crippen molar-refractivity contribution in [1.29, 1.82) is 0 Å². The van der Waals surface area contributed by atoms with Gasteiger partial charge in [0, 0.05) is 12.6 Å². The molecule has 0 aliphatic rings. The molecule has 0 atom stereocenters. The number of hydrogen-bond acceptors (Lipinski definition) is 4. The number of amides is 1. The molecule has 3 N–H and O–H groups in total. The van der Waals surface area contributed by atoms with Crippen molar-refractivity contribution >= 4 is 5.91 Å². The Morgan fingerprint density at radius 2 is 2.36 bits per heavy atom. The Morgan fingerprint density at radius 1 is 1.71 bits per heavy atom. The quantitative estimate of drug-likeness (QED) is 0.393. The minimum atomic E-state index is -0.402. The molecule has 0 fully saturated rings. The number of hydrazine groups is 1. The van der Waals surface area contributed by atoms with Gasteiger partial charge in [-0.05, 0) is 6.42 Å². The van der Waals surface area contributed by atoms with Crippen LogP contribution in [0.3, 0.4) is 0 Å². The summed E-state index contributed by atoms with van der Waals surface area (Å²) in [6.45, 7) is 1.92. The van der Waals surface area contributed by atoms with Gasteiger partial charge in [-0.1, -0.05) is 6.92 Å². The maximum atomic E-state index is 11.3. The summed E-state index contributed by atoms with van der Waals surface area (Å²) in [5.74, 6) is 5.23. The van der Waals surface area contributed by atoms with Crippen LogP contribution in [0.4, 0.5) is 0 Å². The number of nitrogens with two attached hydrogens (primary N) is 1. The van der Waals surface area contributed by atoms with E-state index in [0.29, 0.717) is 18.0 Å². The molecule has 1 amide bonds. The highest BCUT2D eigenvalue weighted by Gasteiger charge is 2.20. The predicted molar refractivity (Wildman–Crippen MR) is 50.8 cm³/mol. The van der Waals surface area contributed by atoms with Crippen LogP contribution in [0.5, 0.6) is 5.88 Å². The molecular formula is C8H14N4O2. The average molecular weight is 198 g/mol. The van der Waals surface area contributed by atoms with E-state index in [4.69, 9.17) is 10.6 Å². The van der Waals surface area contributed by atoms with E-state index < -0.39 is 5.91 Å². The van der Waals surface area contributed by atoms with Crippen LogP contribution in [0, 0.1) is 0 Å². The van der Waals surface area contributed by atoms with Gasteiger partial charge >= 0.3 is 0 Å². The van der Waals surface area contributed by atoms with Crippen LogP contribution < -0.4 is 16.0 Å². The fourth-order valence-corrected chi connectivity index (χ4v) is 1.38. The van der Waals surface area contributed by atoms with Crippen molar-refractivity contribution < 1.29 is 9.53 Å². The fourth-order valence-electron chi connectivity index (χ4n) is 1.38. The zero-order valence-electron chi connectivity index (χ0n) is 8.50. The summed E-state index contributed by atoms with van der Waals surface area (Å²) in [6.07, 6.45) is 0.666. The maximum absolute atomic E-state index is 11.3. The van der Waals surface area contributed by atoms with Crippen LogP contribution in [0.2, 0.25) is 0 Å². The number of methoxy groups -OCH3 is 1. The summed E-state index contributed by atoms with van der Waals surface area (Å²) < 4.78 is 6.64. The van der Waals surface area contributed by atoms with Crippen LogP contribution in [-0.4, -0.2) is 22.8 Å². The third-order valence-electron chi connectivity index (χ3n) is 1.98. The number of nitrogen functional groups attached to an aromatic ring is 1. The molecule has 0 spiro atoms. The number of rotatable bonds is 3. The molecular weight excluding hydrogens is 184 g/mol. The number of nitrogens with zero attached hydrogens (tertiary/aromatic N) is 2. The lowest BCUT2D eigenvalue weighted by Gasteiger charge is -2.01. The lowest BCUT2D eigenvalue weighted by molar-refractivity contribution is 0.0947. The minimum Gasteiger partial charge on any atom is -0.481 e. The molecule has 1 heterocycles. The number of aromatic nitrogens is 2. The second kappa shape index (κ2) is 4.10. The molecule has 0 bridgehead atoms. The zero-order chi connectivity index (χ0) is 10.7. The molecule has 6 heteroatoms. The number of carbonyl (C=O) groups excluding carboxylic acids is 1. The van der Waals surface area contributed by atoms with Gasteiger partial charge in [-0.2, -0.15) is 5.10 Å². The molecule has 0 radical (unpaired) electrons. The molecule has 0 saturated carbocycles. The molecule has 0 saturated heterocycles. The smallest absolute Gasteiger partial charge is 0.286 e. The van der Waals surface area contributed by atoms with Gasteiger partial charge in [-0.15, -0.1) is 0 Å². The molecule has 6 nitrogen and oxygen atoms in total. The Balaban J connectivity index is 3.23. The second-order valence-electron chi connectivity index (χ2n) is 2.79. The van der Waals surface area contributed by atoms with Gasteiger partial charge in [0.15, 0.2) is 5.69 Å². The molecule has 0 aliphatic carbocycles. The minimum absolute atomic E-state index is 0.314. The predicted octanol–water partition coefficient (Wildman–Crippen LogP) is -0.405. The van der Waals surface area contributed by atoms with Crippen LogP contribution in [0.1, 0.15) is 23.0 Å². The standard InChI is InChI=1S/C8H14N4O2/c1-4-5-6(7(13)10-9)11-12(2)8(5)14-3/h4,9H2,1-3H3,(H,10,13). The first-order chi connectivity index (χ1) is 6.65. The van der Waals surface area contributed by atoms with Crippen molar-refractivity contribution in [3.63, 3.8) is 0 Å². The lowest BCUT2D eigenvalue weighted by Crippen LogP contribution is -2.31. The van der Waals surface area contributed by atoms with Gasteiger partial charge in [0.05, 0.1) is 7.11 Å². The summed E-state index contributed by atoms with van der Waals surface area (Å²) in [6, 6.07) is 0. The van der Waals surface area contributed by atoms with Crippen molar-refractivity contribution in [2.75, 3.05) is 7.11 Å². The fraction of sp³-hybridized carbons (Fsp3) is 0.500. The first-order valence-corrected chi connectivity index (χ1v) is 4.26. The highest BCUT2D eigenvalue weighted by Crippen LogP contribution is 2.21. The average Bonchev–Trinajstić information content (AvgIpc) is 2.53. The van der Waals surface area contributed by atoms with Gasteiger partial charge in [0.25, 0.3) is 5.91 Å². The van der Waals surface area contributed by atoms with Crippen molar-refractivity contribution in [2.45, 2.75) is 13.3 Å². The van der Waals surface area contributed by atoms with Gasteiger partial charge in [-0.25, -0.2) is 10.5 Å². The van der Waals surface area contributed by atoms with E-state index in [-0.39, 0.29) is 0 Å². The van der Waals surface area contributed by atoms with Crippen LogP contribution >= 0.6 is 0 Å². The first-order valence-electron chi connectivity index (χ1n) is 4.26. The summed E-state index contributed by atoms with van der Waals surface area (Å²) in [5, 5.41) is 4.02. The van der Waals surface area contributed by atoms with Crippen LogP contribution in [0.15, 0.2) is 0 Å². The number of hydrogen-bond donors (Lipinski definition) is 2. The number of nitrogens with one attached hydrogen (secondary N) is 1. The van der Waals surface area contributed by atoms with Crippen LogP contribution in [0.25, 0.3) is 0 Å². The van der Waals surface area contributed by atoms with E-state index in [1.165, 1.54) is 4.68 Å². The van der Waals surface area contributed by atoms with Crippen molar-refractivity contribution in [1.82, 2.24) is 15.2 Å². The van der Waals surface area contributed by atoms with Gasteiger partial charge in [0.1, 0.15) is 0 Å².